The van der Waals surface area contributed by atoms with Gasteiger partial charge < -0.3 is 20.7 Å². The van der Waals surface area contributed by atoms with E-state index in [2.05, 4.69) is 16.0 Å². The van der Waals surface area contributed by atoms with Crippen LogP contribution in [0, 0.1) is 5.82 Å². The molecular weight excluding hydrogens is 467 g/mol. The number of anilines is 4. The van der Waals surface area contributed by atoms with Crippen LogP contribution in [0.15, 0.2) is 89.6 Å². The molecule has 1 amide bonds. The molecule has 1 aliphatic heterocycles. The number of amides is 1. The van der Waals surface area contributed by atoms with Crippen molar-refractivity contribution in [3.05, 3.63) is 106 Å². The van der Waals surface area contributed by atoms with Crippen molar-refractivity contribution >= 4 is 46.0 Å². The van der Waals surface area contributed by atoms with Crippen molar-refractivity contribution < 1.29 is 13.9 Å². The van der Waals surface area contributed by atoms with Gasteiger partial charge >= 0.3 is 6.09 Å². The maximum atomic E-state index is 14.9. The number of carbonyl (C=O) groups is 1. The van der Waals surface area contributed by atoms with Crippen molar-refractivity contribution in [3.63, 3.8) is 0 Å². The molecule has 1 saturated heterocycles. The van der Waals surface area contributed by atoms with Crippen LogP contribution in [0.1, 0.15) is 12.5 Å². The van der Waals surface area contributed by atoms with Crippen LogP contribution in [0.3, 0.4) is 0 Å². The van der Waals surface area contributed by atoms with Crippen LogP contribution in [0.4, 0.5) is 31.9 Å². The van der Waals surface area contributed by atoms with E-state index in [-0.39, 0.29) is 17.7 Å². The van der Waals surface area contributed by atoms with Crippen molar-refractivity contribution in [1.82, 2.24) is 5.32 Å². The zero-order chi connectivity index (χ0) is 24.8. The summed E-state index contributed by atoms with van der Waals surface area (Å²) in [4.78, 5) is 26.5. The fourth-order valence-electron chi connectivity index (χ4n) is 3.39. The molecule has 1 aliphatic rings. The lowest BCUT2D eigenvalue weighted by molar-refractivity contribution is 0.198. The van der Waals surface area contributed by atoms with Crippen molar-refractivity contribution in [1.29, 1.82) is 0 Å². The molecule has 0 saturated carbocycles. The van der Waals surface area contributed by atoms with Gasteiger partial charge in [-0.25, -0.2) is 9.18 Å². The Hall–Kier alpha value is -4.24. The summed E-state index contributed by atoms with van der Waals surface area (Å²) in [5.41, 5.74) is 2.40. The highest BCUT2D eigenvalue weighted by Crippen LogP contribution is 2.28. The van der Waals surface area contributed by atoms with E-state index in [0.717, 1.165) is 5.56 Å². The third kappa shape index (κ3) is 6.21. The van der Waals surface area contributed by atoms with E-state index in [4.69, 9.17) is 17.0 Å². The quantitative estimate of drug-likeness (QED) is 0.389. The maximum absolute atomic E-state index is 14.9. The highest BCUT2D eigenvalue weighted by atomic mass is 32.1. The van der Waals surface area contributed by atoms with Crippen LogP contribution in [0.2, 0.25) is 0 Å². The van der Waals surface area contributed by atoms with Gasteiger partial charge in [-0.05, 0) is 55.0 Å². The van der Waals surface area contributed by atoms with E-state index >= 15 is 0 Å². The zero-order valence-corrected chi connectivity index (χ0v) is 19.7. The molecule has 7 nitrogen and oxygen atoms in total. The second-order valence-electron chi connectivity index (χ2n) is 7.79. The minimum Gasteiger partial charge on any atom is -0.411 e. The van der Waals surface area contributed by atoms with Gasteiger partial charge in [0.05, 0.1) is 28.6 Å². The molecule has 0 spiro atoms. The Morgan fingerprint density at radius 3 is 2.54 bits per heavy atom. The van der Waals surface area contributed by atoms with Crippen LogP contribution in [-0.4, -0.2) is 17.6 Å². The molecular formula is C26H23FN4O3S. The largest absolute Gasteiger partial charge is 0.419 e. The van der Waals surface area contributed by atoms with Gasteiger partial charge in [0, 0.05) is 18.4 Å². The molecule has 0 aromatic heterocycles. The fraction of sp³-hybridized carbons (Fsp3) is 0.115. The lowest BCUT2D eigenvalue weighted by atomic mass is 10.2. The molecule has 3 aromatic carbocycles. The van der Waals surface area contributed by atoms with E-state index < -0.39 is 11.9 Å². The second kappa shape index (κ2) is 10.8. The number of nitrogens with zero attached hydrogens (tertiary/aromatic N) is 1. The number of thiocarbonyl (C=S) groups is 1. The molecule has 9 heteroatoms. The van der Waals surface area contributed by atoms with Crippen LogP contribution in [0.5, 0.6) is 0 Å². The van der Waals surface area contributed by atoms with Crippen molar-refractivity contribution in [2.75, 3.05) is 22.1 Å². The Morgan fingerprint density at radius 2 is 1.80 bits per heavy atom. The summed E-state index contributed by atoms with van der Waals surface area (Å²) >= 11 is 4.93. The molecule has 1 heterocycles. The van der Waals surface area contributed by atoms with E-state index in [1.54, 1.807) is 31.2 Å². The first-order valence-electron chi connectivity index (χ1n) is 10.8. The van der Waals surface area contributed by atoms with Crippen LogP contribution in [-0.2, 0) is 11.3 Å². The van der Waals surface area contributed by atoms with E-state index in [9.17, 15) is 14.0 Å². The molecule has 0 atom stereocenters. The summed E-state index contributed by atoms with van der Waals surface area (Å²) in [5, 5.41) is 8.92. The van der Waals surface area contributed by atoms with Gasteiger partial charge in [-0.3, -0.25) is 9.69 Å². The van der Waals surface area contributed by atoms with E-state index in [1.165, 1.54) is 29.3 Å². The molecule has 0 aliphatic carbocycles. The van der Waals surface area contributed by atoms with Crippen molar-refractivity contribution in [3.8, 4) is 0 Å². The first-order valence-corrected chi connectivity index (χ1v) is 11.2. The normalized spacial score (nSPS) is 13.9. The van der Waals surface area contributed by atoms with Gasteiger partial charge in [-0.15, -0.1) is 0 Å². The molecule has 3 aromatic rings. The van der Waals surface area contributed by atoms with Crippen LogP contribution >= 0.6 is 12.2 Å². The number of hydrogen-bond donors (Lipinski definition) is 3. The van der Waals surface area contributed by atoms with Crippen molar-refractivity contribution in [2.24, 2.45) is 0 Å². The van der Waals surface area contributed by atoms with Gasteiger partial charge in [-0.2, -0.15) is 0 Å². The predicted octanol–water partition coefficient (Wildman–Crippen LogP) is 5.28. The molecule has 3 N–H and O–H groups in total. The number of cyclic esters (lactones) is 1. The molecule has 0 bridgehead atoms. The summed E-state index contributed by atoms with van der Waals surface area (Å²) in [5.74, 6) is -0.180. The summed E-state index contributed by atoms with van der Waals surface area (Å²) in [6.45, 7) is 2.37. The number of ether oxygens (including phenoxy) is 1. The first kappa shape index (κ1) is 23.9. The lowest BCUT2D eigenvalue weighted by Crippen LogP contribution is -2.23. The average molecular weight is 491 g/mol. The van der Waals surface area contributed by atoms with Gasteiger partial charge in [-0.1, -0.05) is 42.5 Å². The Balaban J connectivity index is 1.45. The fourth-order valence-corrected chi connectivity index (χ4v) is 3.45. The molecule has 4 rings (SSSR count). The number of hydrogen-bond acceptors (Lipinski definition) is 6. The monoisotopic (exact) mass is 490 g/mol. The predicted molar refractivity (Wildman–Crippen MR) is 139 cm³/mol. The van der Waals surface area contributed by atoms with Crippen LogP contribution < -0.4 is 26.3 Å². The third-order valence-corrected chi connectivity index (χ3v) is 5.29. The summed E-state index contributed by atoms with van der Waals surface area (Å²) in [6.07, 6.45) is 0.906. The number of carbonyl (C=O) groups excluding carboxylic acids is 1. The zero-order valence-electron chi connectivity index (χ0n) is 18.9. The Labute approximate surface area is 207 Å². The second-order valence-corrected chi connectivity index (χ2v) is 8.41. The number of benzene rings is 2. The third-order valence-electron chi connectivity index (χ3n) is 5.17. The van der Waals surface area contributed by atoms with Gasteiger partial charge in [0.1, 0.15) is 11.6 Å². The van der Waals surface area contributed by atoms with Gasteiger partial charge in [0.25, 0.3) is 0 Å². The lowest BCUT2D eigenvalue weighted by Gasteiger charge is -2.14. The minimum absolute atomic E-state index is 0.153. The summed E-state index contributed by atoms with van der Waals surface area (Å²) in [7, 11) is 0. The molecule has 35 heavy (non-hydrogen) atoms. The Bertz CT molecular complexity index is 1350. The van der Waals surface area contributed by atoms with E-state index in [1.807, 2.05) is 30.3 Å². The SMILES string of the molecule is CC(=S)N/C=C1/CN(c2ccc(Nc3ccc(NCc4ccccc4)c(=O)cc3)c(F)c2)C(=O)O1. The highest BCUT2D eigenvalue weighted by molar-refractivity contribution is 7.80. The average Bonchev–Trinajstić information content (AvgIpc) is 3.13. The molecule has 0 unspecified atom stereocenters. The first-order chi connectivity index (χ1) is 16.9. The number of nitrogens with one attached hydrogen (secondary N) is 3. The van der Waals surface area contributed by atoms with Crippen LogP contribution in [0.25, 0.3) is 0 Å². The highest BCUT2D eigenvalue weighted by Gasteiger charge is 2.28. The Kier molecular flexibility index (Phi) is 7.37. The molecule has 1 fully saturated rings. The topological polar surface area (TPSA) is 82.7 Å². The Morgan fingerprint density at radius 1 is 1.06 bits per heavy atom. The molecule has 178 valence electrons. The van der Waals surface area contributed by atoms with Gasteiger partial charge in [0.15, 0.2) is 0 Å². The van der Waals surface area contributed by atoms with Crippen molar-refractivity contribution in [2.45, 2.75) is 13.5 Å². The summed E-state index contributed by atoms with van der Waals surface area (Å²) < 4.78 is 20.0. The number of halogens is 1. The standard InChI is InChI=1S/C26H23FN4O3S/c1-17(35)28-15-21-16-31(26(33)34-21)20-9-11-23(22(27)13-20)30-19-7-10-24(25(32)12-8-19)29-14-18-5-3-2-4-6-18/h2-13,15,30H,14,16H2,1H3,(H,28,35)(H,29,32)/b21-15-. The van der Waals surface area contributed by atoms with Gasteiger partial charge in [0.2, 0.25) is 5.43 Å². The smallest absolute Gasteiger partial charge is 0.411 e. The minimum atomic E-state index is -0.603. The molecule has 0 radical (unpaired) electrons. The van der Waals surface area contributed by atoms with E-state index in [0.29, 0.717) is 34.4 Å². The summed E-state index contributed by atoms with van der Waals surface area (Å²) in [6, 6.07) is 20.5. The number of rotatable bonds is 7. The maximum Gasteiger partial charge on any atom is 0.419 e.